The molecule has 0 fully saturated rings. The van der Waals surface area contributed by atoms with Gasteiger partial charge in [-0.05, 0) is 52.4 Å². The molecular formula is C22H20F2IN5O. The third-order valence-electron chi connectivity index (χ3n) is 5.35. The van der Waals surface area contributed by atoms with E-state index in [4.69, 9.17) is 0 Å². The van der Waals surface area contributed by atoms with E-state index in [1.54, 1.807) is 17.7 Å². The summed E-state index contributed by atoms with van der Waals surface area (Å²) in [5, 5.41) is 20.3. The van der Waals surface area contributed by atoms with Gasteiger partial charge in [-0.3, -0.25) is 4.68 Å². The summed E-state index contributed by atoms with van der Waals surface area (Å²) in [5.41, 5.74) is -0.0841. The van der Waals surface area contributed by atoms with Gasteiger partial charge in [-0.25, -0.2) is 18.4 Å². The number of aromatic nitrogens is 5. The highest BCUT2D eigenvalue weighted by molar-refractivity contribution is 14.1. The summed E-state index contributed by atoms with van der Waals surface area (Å²) >= 11 is 2.25. The van der Waals surface area contributed by atoms with E-state index in [9.17, 15) is 13.9 Å². The molecule has 2 aromatic carbocycles. The fourth-order valence-corrected chi connectivity index (χ4v) is 3.93. The third kappa shape index (κ3) is 4.67. The van der Waals surface area contributed by atoms with Crippen LogP contribution in [-0.4, -0.2) is 29.7 Å². The Balaban J connectivity index is 1.66. The Labute approximate surface area is 191 Å². The number of rotatable bonds is 7. The summed E-state index contributed by atoms with van der Waals surface area (Å²) in [6.45, 7) is 2.26. The van der Waals surface area contributed by atoms with Gasteiger partial charge in [0.1, 0.15) is 29.9 Å². The predicted molar refractivity (Wildman–Crippen MR) is 119 cm³/mol. The van der Waals surface area contributed by atoms with Crippen LogP contribution in [0.2, 0.25) is 0 Å². The Kier molecular flexibility index (Phi) is 6.15. The highest BCUT2D eigenvalue weighted by Crippen LogP contribution is 2.39. The fraction of sp³-hybridized carbons (Fsp3) is 0.227. The molecule has 0 unspecified atom stereocenters. The third-order valence-corrected chi connectivity index (χ3v) is 6.07. The van der Waals surface area contributed by atoms with Gasteiger partial charge in [0, 0.05) is 27.3 Å². The molecule has 2 aromatic heterocycles. The van der Waals surface area contributed by atoms with E-state index in [1.807, 2.05) is 30.5 Å². The Morgan fingerprint density at radius 2 is 1.87 bits per heavy atom. The molecule has 0 amide bonds. The van der Waals surface area contributed by atoms with Gasteiger partial charge in [0.15, 0.2) is 0 Å². The van der Waals surface area contributed by atoms with E-state index in [1.165, 1.54) is 23.4 Å². The van der Waals surface area contributed by atoms with Crippen molar-refractivity contribution in [1.29, 1.82) is 0 Å². The molecule has 6 nitrogen and oxygen atoms in total. The maximum absolute atomic E-state index is 14.7. The molecule has 0 aliphatic rings. The van der Waals surface area contributed by atoms with Crippen molar-refractivity contribution >= 4 is 22.6 Å². The van der Waals surface area contributed by atoms with Crippen molar-refractivity contribution in [2.75, 3.05) is 0 Å². The minimum Gasteiger partial charge on any atom is -0.382 e. The molecule has 160 valence electrons. The van der Waals surface area contributed by atoms with Crippen LogP contribution >= 0.6 is 22.6 Å². The van der Waals surface area contributed by atoms with Crippen LogP contribution in [0.4, 0.5) is 8.78 Å². The Morgan fingerprint density at radius 1 is 1.10 bits per heavy atom. The zero-order valence-corrected chi connectivity index (χ0v) is 18.8. The standard InChI is InChI=1S/C22H20F2IN5O/c1-15(21-8-9-29(28-21)11-16-2-5-18(25)6-3-16)22(31,12-30-14-26-13-27-30)19-7-4-17(23)10-20(19)24/h2-10,13-15,31H,11-12H2,1H3/t15-,22+/m0/s1. The van der Waals surface area contributed by atoms with Gasteiger partial charge in [-0.1, -0.05) is 25.1 Å². The summed E-state index contributed by atoms with van der Waals surface area (Å²) < 4.78 is 32.5. The molecule has 2 atom stereocenters. The second-order valence-corrected chi connectivity index (χ2v) is 8.67. The molecule has 0 spiro atoms. The van der Waals surface area contributed by atoms with Crippen molar-refractivity contribution in [2.24, 2.45) is 0 Å². The summed E-state index contributed by atoms with van der Waals surface area (Å²) in [6.07, 6.45) is 4.59. The lowest BCUT2D eigenvalue weighted by molar-refractivity contribution is -0.0124. The molecule has 0 aliphatic carbocycles. The van der Waals surface area contributed by atoms with Gasteiger partial charge in [0.2, 0.25) is 0 Å². The monoisotopic (exact) mass is 535 g/mol. The molecule has 0 bridgehead atoms. The summed E-state index contributed by atoms with van der Waals surface area (Å²) in [4.78, 5) is 3.89. The number of halogens is 3. The van der Waals surface area contributed by atoms with Crippen molar-refractivity contribution in [2.45, 2.75) is 31.5 Å². The van der Waals surface area contributed by atoms with Gasteiger partial charge >= 0.3 is 0 Å². The average Bonchev–Trinajstić information content (AvgIpc) is 3.41. The normalized spacial score (nSPS) is 14.4. The zero-order valence-electron chi connectivity index (χ0n) is 16.7. The summed E-state index contributed by atoms with van der Waals surface area (Å²) in [7, 11) is 0. The topological polar surface area (TPSA) is 68.8 Å². The van der Waals surface area contributed by atoms with Crippen LogP contribution in [0.5, 0.6) is 0 Å². The minimum absolute atomic E-state index is 0.0240. The second kappa shape index (κ2) is 8.83. The molecule has 0 saturated heterocycles. The molecule has 31 heavy (non-hydrogen) atoms. The lowest BCUT2D eigenvalue weighted by Gasteiger charge is -2.34. The van der Waals surface area contributed by atoms with Crippen LogP contribution in [0.25, 0.3) is 0 Å². The molecule has 2 heterocycles. The number of hydrogen-bond donors (Lipinski definition) is 1. The average molecular weight is 535 g/mol. The summed E-state index contributed by atoms with van der Waals surface area (Å²) in [6, 6.07) is 13.1. The first-order valence-electron chi connectivity index (χ1n) is 9.63. The molecule has 0 saturated carbocycles. The zero-order chi connectivity index (χ0) is 22.0. The van der Waals surface area contributed by atoms with Crippen LogP contribution in [0.3, 0.4) is 0 Å². The van der Waals surface area contributed by atoms with Crippen LogP contribution < -0.4 is 0 Å². The Hall–Kier alpha value is -2.66. The van der Waals surface area contributed by atoms with Crippen LogP contribution in [0, 0.1) is 15.2 Å². The smallest absolute Gasteiger partial charge is 0.137 e. The molecule has 4 rings (SSSR count). The van der Waals surface area contributed by atoms with Gasteiger partial charge < -0.3 is 5.11 Å². The largest absolute Gasteiger partial charge is 0.382 e. The van der Waals surface area contributed by atoms with Gasteiger partial charge in [-0.2, -0.15) is 10.2 Å². The van der Waals surface area contributed by atoms with Crippen molar-refractivity contribution in [3.8, 4) is 0 Å². The highest BCUT2D eigenvalue weighted by Gasteiger charge is 2.41. The molecule has 9 heteroatoms. The van der Waals surface area contributed by atoms with E-state index in [2.05, 4.69) is 37.8 Å². The Morgan fingerprint density at radius 3 is 2.55 bits per heavy atom. The lowest BCUT2D eigenvalue weighted by Crippen LogP contribution is -2.38. The SMILES string of the molecule is C[C@@H](c1ccn(Cc2ccc(I)cc2)n1)[C@](O)(Cn1cncn1)c1ccc(F)cc1F. The van der Waals surface area contributed by atoms with Crippen molar-refractivity contribution in [3.05, 3.63) is 99.4 Å². The number of benzene rings is 2. The van der Waals surface area contributed by atoms with Crippen LogP contribution in [0.15, 0.2) is 67.4 Å². The highest BCUT2D eigenvalue weighted by atomic mass is 127. The maximum atomic E-state index is 14.7. The van der Waals surface area contributed by atoms with E-state index < -0.39 is 23.2 Å². The Bertz CT molecular complexity index is 1160. The van der Waals surface area contributed by atoms with Gasteiger partial charge in [0.25, 0.3) is 0 Å². The van der Waals surface area contributed by atoms with E-state index >= 15 is 0 Å². The molecule has 0 aliphatic heterocycles. The van der Waals surface area contributed by atoms with Crippen molar-refractivity contribution < 1.29 is 13.9 Å². The lowest BCUT2D eigenvalue weighted by atomic mass is 9.80. The van der Waals surface area contributed by atoms with Crippen molar-refractivity contribution in [1.82, 2.24) is 24.5 Å². The second-order valence-electron chi connectivity index (χ2n) is 7.43. The van der Waals surface area contributed by atoms with E-state index in [0.717, 1.165) is 21.3 Å². The number of nitrogens with zero attached hydrogens (tertiary/aromatic N) is 5. The number of hydrogen-bond acceptors (Lipinski definition) is 4. The summed E-state index contributed by atoms with van der Waals surface area (Å²) in [5.74, 6) is -2.15. The molecule has 4 aromatic rings. The first-order chi connectivity index (χ1) is 14.8. The quantitative estimate of drug-likeness (QED) is 0.362. The van der Waals surface area contributed by atoms with Gasteiger partial charge in [-0.15, -0.1) is 0 Å². The number of aliphatic hydroxyl groups is 1. The minimum atomic E-state index is -1.73. The first kappa shape index (κ1) is 21.6. The van der Waals surface area contributed by atoms with Crippen molar-refractivity contribution in [3.63, 3.8) is 0 Å². The van der Waals surface area contributed by atoms with Crippen LogP contribution in [0.1, 0.15) is 29.7 Å². The molecule has 1 N–H and O–H groups in total. The van der Waals surface area contributed by atoms with E-state index in [-0.39, 0.29) is 12.1 Å². The molecular weight excluding hydrogens is 515 g/mol. The molecule has 0 radical (unpaired) electrons. The first-order valence-corrected chi connectivity index (χ1v) is 10.7. The maximum Gasteiger partial charge on any atom is 0.137 e. The van der Waals surface area contributed by atoms with Gasteiger partial charge in [0.05, 0.1) is 18.8 Å². The fourth-order valence-electron chi connectivity index (χ4n) is 3.58. The van der Waals surface area contributed by atoms with E-state index in [0.29, 0.717) is 12.2 Å². The predicted octanol–water partition coefficient (Wildman–Crippen LogP) is 4.10. The van der Waals surface area contributed by atoms with Crippen LogP contribution in [-0.2, 0) is 18.7 Å².